The maximum absolute atomic E-state index is 4.85. The van der Waals surface area contributed by atoms with Gasteiger partial charge in [0.2, 0.25) is 0 Å². The summed E-state index contributed by atoms with van der Waals surface area (Å²) in [7, 11) is 0. The molecule has 0 radical (unpaired) electrons. The molecule has 0 saturated carbocycles. The average molecular weight is 277 g/mol. The SMILES string of the molecule is CCCCc1nc(Cc2cnc[nH]2)c(CCCC)s1. The molecule has 4 heteroatoms. The van der Waals surface area contributed by atoms with Crippen molar-refractivity contribution in [3.63, 3.8) is 0 Å². The van der Waals surface area contributed by atoms with E-state index in [1.54, 1.807) is 6.33 Å². The fourth-order valence-corrected chi connectivity index (χ4v) is 3.27. The van der Waals surface area contributed by atoms with E-state index >= 15 is 0 Å². The number of nitrogens with zero attached hydrogens (tertiary/aromatic N) is 2. The standard InChI is InChI=1S/C15H23N3S/c1-3-5-7-14-13(9-12-10-16-11-17-12)18-15(19-14)8-6-4-2/h10-11H,3-9H2,1-2H3,(H,16,17). The maximum Gasteiger partial charge on any atom is 0.0931 e. The van der Waals surface area contributed by atoms with Crippen molar-refractivity contribution in [2.75, 3.05) is 0 Å². The van der Waals surface area contributed by atoms with Crippen molar-refractivity contribution < 1.29 is 0 Å². The van der Waals surface area contributed by atoms with Crippen LogP contribution in [0.3, 0.4) is 0 Å². The highest BCUT2D eigenvalue weighted by atomic mass is 32.1. The molecule has 3 nitrogen and oxygen atoms in total. The molecule has 0 atom stereocenters. The van der Waals surface area contributed by atoms with E-state index < -0.39 is 0 Å². The first-order chi connectivity index (χ1) is 9.33. The van der Waals surface area contributed by atoms with Crippen LogP contribution in [0.2, 0.25) is 0 Å². The van der Waals surface area contributed by atoms with Crippen molar-refractivity contribution in [2.24, 2.45) is 0 Å². The number of hydrogen-bond acceptors (Lipinski definition) is 3. The highest BCUT2D eigenvalue weighted by Gasteiger charge is 2.11. The van der Waals surface area contributed by atoms with Crippen molar-refractivity contribution in [3.8, 4) is 0 Å². The zero-order chi connectivity index (χ0) is 13.5. The Morgan fingerprint density at radius 2 is 1.95 bits per heavy atom. The van der Waals surface area contributed by atoms with Crippen LogP contribution in [0, 0.1) is 0 Å². The van der Waals surface area contributed by atoms with Crippen LogP contribution >= 0.6 is 11.3 Å². The molecule has 0 aliphatic rings. The van der Waals surface area contributed by atoms with Crippen molar-refractivity contribution in [1.82, 2.24) is 15.0 Å². The topological polar surface area (TPSA) is 41.6 Å². The van der Waals surface area contributed by atoms with Gasteiger partial charge in [0.25, 0.3) is 0 Å². The molecule has 2 rings (SSSR count). The molecule has 0 fully saturated rings. The smallest absolute Gasteiger partial charge is 0.0931 e. The van der Waals surface area contributed by atoms with Gasteiger partial charge in [0.05, 0.1) is 17.0 Å². The highest BCUT2D eigenvalue weighted by Crippen LogP contribution is 2.24. The quantitative estimate of drug-likeness (QED) is 0.788. The Bertz CT molecular complexity index is 474. The van der Waals surface area contributed by atoms with E-state index in [1.807, 2.05) is 17.5 Å². The highest BCUT2D eigenvalue weighted by molar-refractivity contribution is 7.11. The summed E-state index contributed by atoms with van der Waals surface area (Å²) in [6.45, 7) is 4.48. The number of aryl methyl sites for hydroxylation is 2. The normalized spacial score (nSPS) is 11.1. The van der Waals surface area contributed by atoms with E-state index in [0.717, 1.165) is 18.5 Å². The lowest BCUT2D eigenvalue weighted by atomic mass is 10.1. The van der Waals surface area contributed by atoms with E-state index in [0.29, 0.717) is 0 Å². The Hall–Kier alpha value is -1.16. The number of unbranched alkanes of at least 4 members (excludes halogenated alkanes) is 2. The van der Waals surface area contributed by atoms with Gasteiger partial charge in [0, 0.05) is 23.2 Å². The molecule has 2 aromatic rings. The lowest BCUT2D eigenvalue weighted by molar-refractivity contribution is 0.781. The minimum Gasteiger partial charge on any atom is -0.348 e. The average Bonchev–Trinajstić information content (AvgIpc) is 3.04. The molecule has 19 heavy (non-hydrogen) atoms. The molecule has 2 heterocycles. The van der Waals surface area contributed by atoms with E-state index in [-0.39, 0.29) is 0 Å². The summed E-state index contributed by atoms with van der Waals surface area (Å²) in [5.74, 6) is 0. The van der Waals surface area contributed by atoms with Gasteiger partial charge in [0.1, 0.15) is 0 Å². The molecule has 0 bridgehead atoms. The largest absolute Gasteiger partial charge is 0.348 e. The third-order valence-electron chi connectivity index (χ3n) is 3.24. The van der Waals surface area contributed by atoms with Crippen molar-refractivity contribution in [3.05, 3.63) is 33.8 Å². The lowest BCUT2D eigenvalue weighted by Crippen LogP contribution is -1.94. The zero-order valence-corrected chi connectivity index (χ0v) is 12.7. The molecule has 0 amide bonds. The molecule has 0 saturated heterocycles. The Balaban J connectivity index is 2.10. The van der Waals surface area contributed by atoms with Crippen LogP contribution in [-0.2, 0) is 19.3 Å². The molecule has 2 aromatic heterocycles. The van der Waals surface area contributed by atoms with Gasteiger partial charge in [-0.05, 0) is 25.7 Å². The predicted molar refractivity (Wildman–Crippen MR) is 80.7 cm³/mol. The van der Waals surface area contributed by atoms with Crippen LogP contribution in [-0.4, -0.2) is 15.0 Å². The lowest BCUT2D eigenvalue weighted by Gasteiger charge is -1.99. The Morgan fingerprint density at radius 3 is 2.63 bits per heavy atom. The minimum absolute atomic E-state index is 0.891. The molecule has 0 spiro atoms. The monoisotopic (exact) mass is 277 g/mol. The second-order valence-corrected chi connectivity index (χ2v) is 6.11. The van der Waals surface area contributed by atoms with E-state index in [9.17, 15) is 0 Å². The van der Waals surface area contributed by atoms with Gasteiger partial charge in [-0.25, -0.2) is 9.97 Å². The van der Waals surface area contributed by atoms with Gasteiger partial charge in [-0.3, -0.25) is 0 Å². The summed E-state index contributed by atoms with van der Waals surface area (Å²) < 4.78 is 0. The summed E-state index contributed by atoms with van der Waals surface area (Å²) in [6.07, 6.45) is 11.8. The number of thiazole rings is 1. The van der Waals surface area contributed by atoms with Crippen LogP contribution in [0.15, 0.2) is 12.5 Å². The van der Waals surface area contributed by atoms with Crippen LogP contribution in [0.25, 0.3) is 0 Å². The summed E-state index contributed by atoms with van der Waals surface area (Å²) in [5, 5.41) is 1.31. The third-order valence-corrected chi connectivity index (χ3v) is 4.45. The van der Waals surface area contributed by atoms with Gasteiger partial charge in [-0.15, -0.1) is 11.3 Å². The molecule has 0 aromatic carbocycles. The predicted octanol–water partition coefficient (Wildman–Crippen LogP) is 4.14. The molecule has 1 N–H and O–H groups in total. The number of aromatic amines is 1. The van der Waals surface area contributed by atoms with E-state index in [2.05, 4.69) is 23.8 Å². The maximum atomic E-state index is 4.85. The van der Waals surface area contributed by atoms with Gasteiger partial charge in [-0.2, -0.15) is 0 Å². The molecule has 0 aliphatic heterocycles. The summed E-state index contributed by atoms with van der Waals surface area (Å²) in [5.41, 5.74) is 2.42. The summed E-state index contributed by atoms with van der Waals surface area (Å²) >= 11 is 1.92. The Morgan fingerprint density at radius 1 is 1.16 bits per heavy atom. The fraction of sp³-hybridized carbons (Fsp3) is 0.600. The number of imidazole rings is 1. The van der Waals surface area contributed by atoms with Gasteiger partial charge >= 0.3 is 0 Å². The third kappa shape index (κ3) is 4.16. The first-order valence-electron chi connectivity index (χ1n) is 7.28. The van der Waals surface area contributed by atoms with Gasteiger partial charge < -0.3 is 4.98 Å². The van der Waals surface area contributed by atoms with Crippen LogP contribution in [0.5, 0.6) is 0 Å². The molecule has 104 valence electrons. The Kier molecular flexibility index (Phi) is 5.58. The molecular formula is C15H23N3S. The first-order valence-corrected chi connectivity index (χ1v) is 8.09. The van der Waals surface area contributed by atoms with E-state index in [4.69, 9.17) is 4.98 Å². The molecular weight excluding hydrogens is 254 g/mol. The van der Waals surface area contributed by atoms with Crippen molar-refractivity contribution in [1.29, 1.82) is 0 Å². The minimum atomic E-state index is 0.891. The van der Waals surface area contributed by atoms with Crippen molar-refractivity contribution >= 4 is 11.3 Å². The van der Waals surface area contributed by atoms with Gasteiger partial charge in [0.15, 0.2) is 0 Å². The number of hydrogen-bond donors (Lipinski definition) is 1. The Labute approximate surface area is 119 Å². The first kappa shape index (κ1) is 14.3. The summed E-state index contributed by atoms with van der Waals surface area (Å²) in [4.78, 5) is 13.6. The van der Waals surface area contributed by atoms with Crippen LogP contribution in [0.1, 0.15) is 60.8 Å². The number of rotatable bonds is 8. The van der Waals surface area contributed by atoms with Crippen LogP contribution in [0.4, 0.5) is 0 Å². The van der Waals surface area contributed by atoms with Crippen molar-refractivity contribution in [2.45, 2.75) is 58.8 Å². The van der Waals surface area contributed by atoms with E-state index in [1.165, 1.54) is 47.7 Å². The van der Waals surface area contributed by atoms with Gasteiger partial charge in [-0.1, -0.05) is 26.7 Å². The number of aromatic nitrogens is 3. The second kappa shape index (κ2) is 7.43. The second-order valence-electron chi connectivity index (χ2n) is 4.94. The zero-order valence-electron chi connectivity index (χ0n) is 11.9. The number of nitrogens with one attached hydrogen (secondary N) is 1. The summed E-state index contributed by atoms with van der Waals surface area (Å²) in [6, 6.07) is 0. The molecule has 0 aliphatic carbocycles. The molecule has 0 unspecified atom stereocenters. The van der Waals surface area contributed by atoms with Crippen LogP contribution < -0.4 is 0 Å². The fourth-order valence-electron chi connectivity index (χ4n) is 2.10. The number of H-pyrrole nitrogens is 1.